The van der Waals surface area contributed by atoms with Gasteiger partial charge < -0.3 is 10.1 Å². The van der Waals surface area contributed by atoms with Crippen LogP contribution in [0, 0.1) is 0 Å². The minimum Gasteiger partial charge on any atom is -0.394 e. The summed E-state index contributed by atoms with van der Waals surface area (Å²) >= 11 is 0. The highest BCUT2D eigenvalue weighted by Crippen LogP contribution is 2.41. The van der Waals surface area contributed by atoms with Crippen LogP contribution in [0.25, 0.3) is 44.6 Å². The number of rotatable bonds is 4. The molecule has 0 bridgehead atoms. The first kappa shape index (κ1) is 30.3. The molecule has 0 radical (unpaired) electrons. The first-order chi connectivity index (χ1) is 19.0. The van der Waals surface area contributed by atoms with Gasteiger partial charge in [-0.15, -0.1) is 20.4 Å². The molecule has 0 spiro atoms. The summed E-state index contributed by atoms with van der Waals surface area (Å²) in [5, 5.41) is 37.2. The quantitative estimate of drug-likeness (QED) is 0.249. The van der Waals surface area contributed by atoms with Gasteiger partial charge >= 0.3 is 0 Å². The van der Waals surface area contributed by atoms with E-state index in [0.717, 1.165) is 32.9 Å². The molecule has 2 N–H and O–H groups in total. The van der Waals surface area contributed by atoms with Crippen LogP contribution in [0.2, 0.25) is 0 Å². The highest BCUT2D eigenvalue weighted by atomic mass is 16.3. The summed E-state index contributed by atoms with van der Waals surface area (Å²) in [6.45, 7) is 25.0. The summed E-state index contributed by atoms with van der Waals surface area (Å²) in [4.78, 5) is 7.03. The zero-order valence-electron chi connectivity index (χ0n) is 26.6. The molecule has 10 heteroatoms. The van der Waals surface area contributed by atoms with Crippen molar-refractivity contribution in [3.63, 3.8) is 0 Å². The average molecular weight is 560 g/mol. The third-order valence-electron chi connectivity index (χ3n) is 6.81. The number of tetrazole rings is 2. The van der Waals surface area contributed by atoms with E-state index in [9.17, 15) is 0 Å². The third-order valence-corrected chi connectivity index (χ3v) is 6.81. The molecule has 0 saturated carbocycles. The molecule has 0 amide bonds. The standard InChI is InChI=1S/C28H37N9.C3H8O/c1-15(2)36-32-25(30-34-36)21-13-17(27(5,6)7)11-19-20-12-18(28(8,9)10)14-22(24(20)29-23(19)21)26-31-35-37(33-26)16(3)4;1-3(2)4/h11-16,29H,1-10H3;3-4H,1-2H3. The molecule has 2 aromatic carbocycles. The van der Waals surface area contributed by atoms with Gasteiger partial charge in [-0.1, -0.05) is 41.5 Å². The van der Waals surface area contributed by atoms with Crippen molar-refractivity contribution in [3.05, 3.63) is 35.4 Å². The zero-order valence-corrected chi connectivity index (χ0v) is 26.6. The van der Waals surface area contributed by atoms with Crippen molar-refractivity contribution in [2.24, 2.45) is 0 Å². The Hall–Kier alpha value is -3.66. The Kier molecular flexibility index (Phi) is 8.10. The fourth-order valence-electron chi connectivity index (χ4n) is 4.43. The van der Waals surface area contributed by atoms with E-state index in [2.05, 4.69) is 91.4 Å². The van der Waals surface area contributed by atoms with Gasteiger partial charge in [0.15, 0.2) is 0 Å². The van der Waals surface area contributed by atoms with Gasteiger partial charge in [0.05, 0.1) is 23.1 Å². The number of aromatic nitrogens is 9. The van der Waals surface area contributed by atoms with Gasteiger partial charge in [-0.25, -0.2) is 0 Å². The lowest BCUT2D eigenvalue weighted by atomic mass is 9.83. The lowest BCUT2D eigenvalue weighted by Crippen LogP contribution is -2.11. The Bertz CT molecular complexity index is 1540. The Balaban J connectivity index is 0.000000909. The topological polar surface area (TPSA) is 123 Å². The molecule has 3 aromatic heterocycles. The Labute approximate surface area is 242 Å². The summed E-state index contributed by atoms with van der Waals surface area (Å²) in [6, 6.07) is 9.22. The maximum Gasteiger partial charge on any atom is 0.207 e. The molecule has 220 valence electrons. The van der Waals surface area contributed by atoms with E-state index >= 15 is 0 Å². The van der Waals surface area contributed by atoms with Gasteiger partial charge in [0.2, 0.25) is 11.6 Å². The number of aliphatic hydroxyl groups is 1. The summed E-state index contributed by atoms with van der Waals surface area (Å²) in [7, 11) is 0. The van der Waals surface area contributed by atoms with Crippen LogP contribution in [-0.2, 0) is 10.8 Å². The molecule has 0 aliphatic heterocycles. The Morgan fingerprint density at radius 2 is 0.976 bits per heavy atom. The second-order valence-corrected chi connectivity index (χ2v) is 13.7. The van der Waals surface area contributed by atoms with E-state index in [1.165, 1.54) is 11.1 Å². The number of fused-ring (bicyclic) bond motifs is 3. The van der Waals surface area contributed by atoms with Gasteiger partial charge in [-0.05, 0) is 98.2 Å². The average Bonchev–Trinajstić information content (AvgIpc) is 3.59. The van der Waals surface area contributed by atoms with Crippen LogP contribution in [-0.4, -0.2) is 56.6 Å². The Morgan fingerprint density at radius 3 is 1.24 bits per heavy atom. The predicted molar refractivity (Wildman–Crippen MR) is 165 cm³/mol. The maximum absolute atomic E-state index is 8.06. The first-order valence-corrected chi connectivity index (χ1v) is 14.4. The monoisotopic (exact) mass is 559 g/mol. The summed E-state index contributed by atoms with van der Waals surface area (Å²) in [5.41, 5.74) is 6.13. The molecule has 5 aromatic rings. The summed E-state index contributed by atoms with van der Waals surface area (Å²) < 4.78 is 0. The van der Waals surface area contributed by atoms with Crippen LogP contribution < -0.4 is 0 Å². The lowest BCUT2D eigenvalue weighted by Gasteiger charge is -2.21. The number of aliphatic hydroxyl groups excluding tert-OH is 1. The largest absolute Gasteiger partial charge is 0.394 e. The van der Waals surface area contributed by atoms with Gasteiger partial charge in [-0.2, -0.15) is 9.59 Å². The molecule has 0 unspecified atom stereocenters. The SMILES string of the molecule is CC(C)O.CC(C)n1nnc(-c2cc(C(C)(C)C)cc3c2[nH]c2c(-c4nnn(C(C)C)n4)cc(C(C)(C)C)cc23)n1. The van der Waals surface area contributed by atoms with Crippen LogP contribution in [0.1, 0.15) is 106 Å². The van der Waals surface area contributed by atoms with Crippen molar-refractivity contribution >= 4 is 21.8 Å². The number of hydrogen-bond acceptors (Lipinski definition) is 7. The molecule has 5 rings (SSSR count). The van der Waals surface area contributed by atoms with Crippen LogP contribution in [0.5, 0.6) is 0 Å². The van der Waals surface area contributed by atoms with Gasteiger partial charge in [0.25, 0.3) is 0 Å². The van der Waals surface area contributed by atoms with Crippen molar-refractivity contribution in [2.75, 3.05) is 0 Å². The van der Waals surface area contributed by atoms with Crippen LogP contribution in [0.15, 0.2) is 24.3 Å². The molecule has 0 saturated heterocycles. The molecule has 41 heavy (non-hydrogen) atoms. The molecule has 10 nitrogen and oxygen atoms in total. The molecule has 0 fully saturated rings. The highest BCUT2D eigenvalue weighted by Gasteiger charge is 2.25. The van der Waals surface area contributed by atoms with Crippen molar-refractivity contribution in [1.82, 2.24) is 45.4 Å². The fraction of sp³-hybridized carbons (Fsp3) is 0.548. The molecule has 0 aliphatic carbocycles. The van der Waals surface area contributed by atoms with E-state index in [4.69, 9.17) is 15.3 Å². The van der Waals surface area contributed by atoms with Crippen molar-refractivity contribution in [1.29, 1.82) is 0 Å². The highest BCUT2D eigenvalue weighted by molar-refractivity contribution is 6.15. The predicted octanol–water partition coefficient (Wildman–Crippen LogP) is 6.77. The number of nitrogens with zero attached hydrogens (tertiary/aromatic N) is 8. The molecule has 0 aliphatic rings. The van der Waals surface area contributed by atoms with Crippen LogP contribution in [0.4, 0.5) is 0 Å². The molecule has 3 heterocycles. The third kappa shape index (κ3) is 6.32. The van der Waals surface area contributed by atoms with Crippen molar-refractivity contribution in [3.8, 4) is 22.8 Å². The van der Waals surface area contributed by atoms with E-state index in [-0.39, 0.29) is 29.0 Å². The van der Waals surface area contributed by atoms with E-state index in [0.29, 0.717) is 11.6 Å². The number of aromatic amines is 1. The number of nitrogens with one attached hydrogen (secondary N) is 1. The minimum absolute atomic E-state index is 0.0629. The maximum atomic E-state index is 8.06. The normalized spacial score (nSPS) is 12.7. The number of benzene rings is 2. The van der Waals surface area contributed by atoms with E-state index in [1.54, 1.807) is 23.4 Å². The zero-order chi connectivity index (χ0) is 30.4. The lowest BCUT2D eigenvalue weighted by molar-refractivity contribution is 0.216. The summed E-state index contributed by atoms with van der Waals surface area (Å²) in [6.07, 6.45) is -0.167. The van der Waals surface area contributed by atoms with Gasteiger partial charge in [0.1, 0.15) is 0 Å². The summed E-state index contributed by atoms with van der Waals surface area (Å²) in [5.74, 6) is 1.22. The second-order valence-electron chi connectivity index (χ2n) is 13.7. The van der Waals surface area contributed by atoms with Crippen LogP contribution >= 0.6 is 0 Å². The van der Waals surface area contributed by atoms with Crippen molar-refractivity contribution in [2.45, 2.75) is 112 Å². The van der Waals surface area contributed by atoms with Gasteiger partial charge in [0, 0.05) is 28.0 Å². The minimum atomic E-state index is -0.167. The first-order valence-electron chi connectivity index (χ1n) is 14.4. The van der Waals surface area contributed by atoms with Crippen LogP contribution in [0.3, 0.4) is 0 Å². The van der Waals surface area contributed by atoms with Gasteiger partial charge in [-0.3, -0.25) is 0 Å². The molecular formula is C31H45N9O. The molecular weight excluding hydrogens is 514 g/mol. The van der Waals surface area contributed by atoms with E-state index < -0.39 is 0 Å². The smallest absolute Gasteiger partial charge is 0.207 e. The van der Waals surface area contributed by atoms with Crippen molar-refractivity contribution < 1.29 is 5.11 Å². The fourth-order valence-corrected chi connectivity index (χ4v) is 4.43. The Morgan fingerprint density at radius 1 is 0.634 bits per heavy atom. The van der Waals surface area contributed by atoms with E-state index in [1.807, 2.05) is 27.7 Å². The molecule has 0 atom stereocenters. The number of H-pyrrole nitrogens is 1. The second kappa shape index (κ2) is 11.0. The number of hydrogen-bond donors (Lipinski definition) is 2.